The highest BCUT2D eigenvalue weighted by Crippen LogP contribution is 2.65. The fraction of sp³-hybridized carbons (Fsp3) is 0.0952. The molecule has 3 aromatic carbocycles. The third kappa shape index (κ3) is 2.11. The number of carbonyl (C=O) groups excluding carboxylic acids is 1. The zero-order valence-corrected chi connectivity index (χ0v) is 14.6. The van der Waals surface area contributed by atoms with Gasteiger partial charge in [-0.15, -0.1) is 0 Å². The Balaban J connectivity index is 2.01. The number of carbonyl (C=O) groups is 1. The lowest BCUT2D eigenvalue weighted by Gasteiger charge is -2.17. The molecule has 24 heavy (non-hydrogen) atoms. The molecule has 1 heterocycles. The van der Waals surface area contributed by atoms with Gasteiger partial charge in [-0.05, 0) is 55.3 Å². The van der Waals surface area contributed by atoms with Gasteiger partial charge in [0.25, 0.3) is 0 Å². The monoisotopic (exact) mass is 333 g/mol. The van der Waals surface area contributed by atoms with Crippen LogP contribution in [0.25, 0.3) is 0 Å². The van der Waals surface area contributed by atoms with Crippen LogP contribution in [0.2, 0.25) is 0 Å². The predicted octanol–water partition coefficient (Wildman–Crippen LogP) is 4.42. The third-order valence-electron chi connectivity index (χ3n) is 4.42. The first-order chi connectivity index (χ1) is 11.6. The normalized spacial score (nSPS) is 15.0. The molecule has 118 valence electrons. The van der Waals surface area contributed by atoms with Gasteiger partial charge in [-0.2, -0.15) is 0 Å². The van der Waals surface area contributed by atoms with Crippen LogP contribution < -0.4 is 15.1 Å². The molecular formula is C21H18O2P+. The van der Waals surface area contributed by atoms with Crippen LogP contribution in [0.5, 0.6) is 5.75 Å². The molecule has 0 N–H and O–H groups in total. The minimum absolute atomic E-state index is 0.118. The van der Waals surface area contributed by atoms with Crippen molar-refractivity contribution in [3.63, 3.8) is 0 Å². The molecular weight excluding hydrogens is 315 g/mol. The number of aryl methyl sites for hydroxylation is 2. The molecule has 0 amide bonds. The Morgan fingerprint density at radius 1 is 0.792 bits per heavy atom. The average molecular weight is 333 g/mol. The Labute approximate surface area is 142 Å². The molecule has 0 fully saturated rings. The van der Waals surface area contributed by atoms with Gasteiger partial charge in [-0.1, -0.05) is 42.5 Å². The van der Waals surface area contributed by atoms with E-state index in [1.807, 2.05) is 80.6 Å². The second kappa shape index (κ2) is 5.58. The SMILES string of the molecule is Cc1cc(C)c2c(c1)O[P+](c1ccccc1)(c1ccccc1)C2=O. The number of hydrogen-bond donors (Lipinski definition) is 0. The first-order valence-electron chi connectivity index (χ1n) is 7.99. The average Bonchev–Trinajstić information content (AvgIpc) is 2.90. The van der Waals surface area contributed by atoms with Gasteiger partial charge in [0.15, 0.2) is 5.75 Å². The highest BCUT2D eigenvalue weighted by molar-refractivity contribution is 8.00. The van der Waals surface area contributed by atoms with Gasteiger partial charge in [-0.25, -0.2) is 4.79 Å². The van der Waals surface area contributed by atoms with Gasteiger partial charge >= 0.3 is 13.0 Å². The summed E-state index contributed by atoms with van der Waals surface area (Å²) in [6.07, 6.45) is 0. The van der Waals surface area contributed by atoms with Crippen LogP contribution in [-0.2, 0) is 0 Å². The molecule has 1 aliphatic heterocycles. The summed E-state index contributed by atoms with van der Waals surface area (Å²) in [6.45, 7) is 4.02. The molecule has 0 saturated carbocycles. The molecule has 3 aromatic rings. The molecule has 0 aromatic heterocycles. The molecule has 0 aliphatic carbocycles. The van der Waals surface area contributed by atoms with E-state index >= 15 is 0 Å². The number of rotatable bonds is 2. The van der Waals surface area contributed by atoms with E-state index in [0.29, 0.717) is 0 Å². The van der Waals surface area contributed by atoms with Crippen molar-refractivity contribution in [3.8, 4) is 5.75 Å². The Morgan fingerprint density at radius 3 is 1.88 bits per heavy atom. The quantitative estimate of drug-likeness (QED) is 0.649. The largest absolute Gasteiger partial charge is 0.351 e. The van der Waals surface area contributed by atoms with Gasteiger partial charge in [0.05, 0.1) is 0 Å². The van der Waals surface area contributed by atoms with E-state index in [9.17, 15) is 4.79 Å². The molecule has 0 bridgehead atoms. The summed E-state index contributed by atoms with van der Waals surface area (Å²) in [5, 5.41) is 1.93. The Hall–Kier alpha value is -2.44. The second-order valence-corrected chi connectivity index (χ2v) is 8.97. The topological polar surface area (TPSA) is 26.3 Å². The first kappa shape index (κ1) is 15.1. The maximum absolute atomic E-state index is 13.6. The summed E-state index contributed by atoms with van der Waals surface area (Å²) in [6, 6.07) is 23.9. The van der Waals surface area contributed by atoms with Crippen molar-refractivity contribution in [2.45, 2.75) is 13.8 Å². The predicted molar refractivity (Wildman–Crippen MR) is 99.9 cm³/mol. The summed E-state index contributed by atoms with van der Waals surface area (Å²) in [4.78, 5) is 13.6. The third-order valence-corrected chi connectivity index (χ3v) is 7.74. The zero-order chi connectivity index (χ0) is 16.7. The van der Waals surface area contributed by atoms with Crippen LogP contribution in [0.1, 0.15) is 21.5 Å². The molecule has 0 radical (unpaired) electrons. The maximum Gasteiger partial charge on any atom is 0.351 e. The van der Waals surface area contributed by atoms with Gasteiger partial charge in [0.2, 0.25) is 0 Å². The number of fused-ring (bicyclic) bond motifs is 1. The summed E-state index contributed by atoms with van der Waals surface area (Å²) >= 11 is 0. The zero-order valence-electron chi connectivity index (χ0n) is 13.7. The fourth-order valence-electron chi connectivity index (χ4n) is 3.39. The van der Waals surface area contributed by atoms with Crippen molar-refractivity contribution in [1.82, 2.24) is 0 Å². The van der Waals surface area contributed by atoms with E-state index in [4.69, 9.17) is 4.52 Å². The van der Waals surface area contributed by atoms with Crippen LogP contribution in [0, 0.1) is 13.8 Å². The fourth-order valence-corrected chi connectivity index (χ4v) is 6.67. The number of benzene rings is 3. The number of hydrogen-bond acceptors (Lipinski definition) is 2. The van der Waals surface area contributed by atoms with Crippen molar-refractivity contribution in [1.29, 1.82) is 0 Å². The molecule has 0 atom stereocenters. The lowest BCUT2D eigenvalue weighted by molar-refractivity contribution is 0.108. The van der Waals surface area contributed by atoms with E-state index in [2.05, 4.69) is 6.07 Å². The van der Waals surface area contributed by atoms with E-state index < -0.39 is 7.49 Å². The summed E-state index contributed by atoms with van der Waals surface area (Å²) < 4.78 is 6.50. The van der Waals surface area contributed by atoms with Crippen LogP contribution in [0.3, 0.4) is 0 Å². The molecule has 0 unspecified atom stereocenters. The summed E-state index contributed by atoms with van der Waals surface area (Å²) in [5.74, 6) is 0.721. The van der Waals surface area contributed by atoms with Crippen LogP contribution in [0.15, 0.2) is 72.8 Å². The van der Waals surface area contributed by atoms with Crippen LogP contribution >= 0.6 is 7.49 Å². The molecule has 2 nitrogen and oxygen atoms in total. The lowest BCUT2D eigenvalue weighted by Crippen LogP contribution is -2.28. The van der Waals surface area contributed by atoms with Gasteiger partial charge in [-0.3, -0.25) is 0 Å². The summed E-state index contributed by atoms with van der Waals surface area (Å²) in [7, 11) is -2.61. The molecule has 0 saturated heterocycles. The molecule has 4 rings (SSSR count). The van der Waals surface area contributed by atoms with E-state index in [1.54, 1.807) is 0 Å². The van der Waals surface area contributed by atoms with Gasteiger partial charge < -0.3 is 4.52 Å². The van der Waals surface area contributed by atoms with E-state index in [0.717, 1.165) is 33.0 Å². The van der Waals surface area contributed by atoms with Gasteiger partial charge in [0, 0.05) is 0 Å². The minimum Gasteiger partial charge on any atom is -0.330 e. The van der Waals surface area contributed by atoms with Crippen LogP contribution in [0.4, 0.5) is 0 Å². The maximum atomic E-state index is 13.6. The highest BCUT2D eigenvalue weighted by Gasteiger charge is 2.61. The van der Waals surface area contributed by atoms with Crippen molar-refractivity contribution in [2.75, 3.05) is 0 Å². The Bertz CT molecular complexity index is 878. The van der Waals surface area contributed by atoms with Crippen molar-refractivity contribution in [2.24, 2.45) is 0 Å². The first-order valence-corrected chi connectivity index (χ1v) is 9.69. The van der Waals surface area contributed by atoms with Gasteiger partial charge in [0.1, 0.15) is 16.2 Å². The Kier molecular flexibility index (Phi) is 3.51. The minimum atomic E-state index is -2.61. The molecule has 3 heteroatoms. The van der Waals surface area contributed by atoms with Crippen molar-refractivity contribution in [3.05, 3.63) is 89.5 Å². The highest BCUT2D eigenvalue weighted by atomic mass is 31.2. The van der Waals surface area contributed by atoms with E-state index in [1.165, 1.54) is 0 Å². The lowest BCUT2D eigenvalue weighted by atomic mass is 10.1. The second-order valence-electron chi connectivity index (χ2n) is 6.13. The summed E-state index contributed by atoms with van der Waals surface area (Å²) in [5.41, 5.74) is 2.96. The Morgan fingerprint density at radius 2 is 1.33 bits per heavy atom. The molecule has 0 spiro atoms. The van der Waals surface area contributed by atoms with E-state index in [-0.39, 0.29) is 5.52 Å². The van der Waals surface area contributed by atoms with Crippen LogP contribution in [-0.4, -0.2) is 5.52 Å². The van der Waals surface area contributed by atoms with Crippen molar-refractivity contribution >= 4 is 23.6 Å². The standard InChI is InChI=1S/C21H18O2P/c1-15-13-16(2)20-19(14-15)23-24(21(20)22,17-9-5-3-6-10-17)18-11-7-4-8-12-18/h3-14H,1-2H3/q+1. The molecule has 1 aliphatic rings. The smallest absolute Gasteiger partial charge is 0.330 e. The van der Waals surface area contributed by atoms with Crippen molar-refractivity contribution < 1.29 is 9.32 Å².